The second-order valence-corrected chi connectivity index (χ2v) is 5.44. The van der Waals surface area contributed by atoms with Crippen molar-refractivity contribution in [2.45, 2.75) is 32.2 Å². The zero-order valence-corrected chi connectivity index (χ0v) is 13.7. The van der Waals surface area contributed by atoms with Gasteiger partial charge in [0, 0.05) is 12.1 Å². The molecule has 2 rings (SSSR count). The molecule has 0 saturated heterocycles. The Bertz CT molecular complexity index is 884. The van der Waals surface area contributed by atoms with Crippen molar-refractivity contribution in [3.05, 3.63) is 52.3 Å². The highest BCUT2D eigenvalue weighted by Crippen LogP contribution is 2.36. The molecule has 0 saturated carbocycles. The Morgan fingerprint density at radius 3 is 2.07 bits per heavy atom. The molecular formula is C17H12F6N2O2. The van der Waals surface area contributed by atoms with Crippen LogP contribution in [0.25, 0.3) is 0 Å². The van der Waals surface area contributed by atoms with Crippen molar-refractivity contribution in [3.63, 3.8) is 0 Å². The summed E-state index contributed by atoms with van der Waals surface area (Å²) in [5.74, 6) is 3.48. The summed E-state index contributed by atoms with van der Waals surface area (Å²) in [5, 5.41) is 12.8. The fraction of sp³-hybridized carbons (Fsp3) is 0.294. The highest BCUT2D eigenvalue weighted by Gasteiger charge is 2.36. The number of hydrogen-bond donors (Lipinski definition) is 1. The van der Waals surface area contributed by atoms with Gasteiger partial charge < -0.3 is 5.11 Å². The first kappa shape index (κ1) is 20.4. The maximum absolute atomic E-state index is 12.9. The molecule has 0 fully saturated rings. The third kappa shape index (κ3) is 5.03. The van der Waals surface area contributed by atoms with E-state index in [1.807, 2.05) is 0 Å². The molecule has 1 heterocycles. The lowest BCUT2D eigenvalue weighted by atomic mass is 10.0. The summed E-state index contributed by atoms with van der Waals surface area (Å²) >= 11 is 0. The number of nitrogens with zero attached hydrogens (tertiary/aromatic N) is 2. The highest BCUT2D eigenvalue weighted by atomic mass is 19.4. The first-order chi connectivity index (χ1) is 12.4. The van der Waals surface area contributed by atoms with Crippen LogP contribution in [0.15, 0.2) is 24.4 Å². The van der Waals surface area contributed by atoms with E-state index in [-0.39, 0.29) is 17.3 Å². The molecule has 0 atom stereocenters. The van der Waals surface area contributed by atoms with Gasteiger partial charge in [0.05, 0.1) is 35.0 Å². The molecule has 10 heteroatoms. The molecule has 0 spiro atoms. The van der Waals surface area contributed by atoms with Crippen LogP contribution in [0.2, 0.25) is 0 Å². The van der Waals surface area contributed by atoms with Crippen LogP contribution in [0, 0.1) is 11.8 Å². The van der Waals surface area contributed by atoms with Crippen molar-refractivity contribution in [2.75, 3.05) is 0 Å². The molecule has 4 nitrogen and oxygen atoms in total. The summed E-state index contributed by atoms with van der Waals surface area (Å²) in [6.45, 7) is 2.02. The van der Waals surface area contributed by atoms with E-state index in [2.05, 4.69) is 16.9 Å². The number of aryl methyl sites for hydroxylation is 1. The van der Waals surface area contributed by atoms with Gasteiger partial charge in [0.25, 0.3) is 0 Å². The molecular weight excluding hydrogens is 378 g/mol. The lowest BCUT2D eigenvalue weighted by molar-refractivity contribution is -0.143. The summed E-state index contributed by atoms with van der Waals surface area (Å²) < 4.78 is 78.5. The van der Waals surface area contributed by atoms with Gasteiger partial charge in [0.2, 0.25) is 0 Å². The lowest BCUT2D eigenvalue weighted by Gasteiger charge is -2.12. The van der Waals surface area contributed by atoms with E-state index < -0.39 is 41.4 Å². The first-order valence-electron chi connectivity index (χ1n) is 7.49. The number of rotatable bonds is 3. The van der Waals surface area contributed by atoms with Gasteiger partial charge in [0.1, 0.15) is 0 Å². The zero-order valence-electron chi connectivity index (χ0n) is 13.7. The Kier molecular flexibility index (Phi) is 5.54. The van der Waals surface area contributed by atoms with Crippen molar-refractivity contribution < 1.29 is 36.2 Å². The summed E-state index contributed by atoms with van der Waals surface area (Å²) in [5.41, 5.74) is -3.12. The molecule has 1 N–H and O–H groups in total. The van der Waals surface area contributed by atoms with Crippen molar-refractivity contribution in [1.82, 2.24) is 9.78 Å². The van der Waals surface area contributed by atoms with Gasteiger partial charge in [-0.2, -0.15) is 31.4 Å². The largest absolute Gasteiger partial charge is 0.481 e. The minimum absolute atomic E-state index is 0.0101. The zero-order chi connectivity index (χ0) is 20.4. The SMILES string of the molecule is CCn1ncc(C#Cc2cc(C(F)(F)F)cc(C(F)(F)F)c2)c1CC(=O)O. The third-order valence-corrected chi connectivity index (χ3v) is 3.50. The number of halogens is 6. The van der Waals surface area contributed by atoms with Crippen molar-refractivity contribution in [2.24, 2.45) is 0 Å². The van der Waals surface area contributed by atoms with Gasteiger partial charge in [0.15, 0.2) is 0 Å². The minimum atomic E-state index is -4.97. The fourth-order valence-electron chi connectivity index (χ4n) is 2.28. The molecule has 0 amide bonds. The molecule has 1 aromatic carbocycles. The Balaban J connectivity index is 2.53. The van der Waals surface area contributed by atoms with E-state index in [9.17, 15) is 31.1 Å². The fourth-order valence-corrected chi connectivity index (χ4v) is 2.28. The van der Waals surface area contributed by atoms with Crippen LogP contribution in [0.4, 0.5) is 26.3 Å². The van der Waals surface area contributed by atoms with Crippen LogP contribution in [0.5, 0.6) is 0 Å². The van der Waals surface area contributed by atoms with Gasteiger partial charge in [-0.05, 0) is 25.1 Å². The van der Waals surface area contributed by atoms with Crippen LogP contribution < -0.4 is 0 Å². The van der Waals surface area contributed by atoms with Crippen LogP contribution in [0.3, 0.4) is 0 Å². The van der Waals surface area contributed by atoms with E-state index in [1.165, 1.54) is 10.9 Å². The van der Waals surface area contributed by atoms with E-state index in [0.29, 0.717) is 18.7 Å². The normalized spacial score (nSPS) is 11.8. The molecule has 0 aliphatic carbocycles. The molecule has 0 bridgehead atoms. The number of carbonyl (C=O) groups is 1. The molecule has 0 radical (unpaired) electrons. The second-order valence-electron chi connectivity index (χ2n) is 5.44. The van der Waals surface area contributed by atoms with Gasteiger partial charge in [-0.3, -0.25) is 9.48 Å². The number of benzene rings is 1. The van der Waals surface area contributed by atoms with Gasteiger partial charge in [-0.25, -0.2) is 0 Å². The second kappa shape index (κ2) is 7.34. The summed E-state index contributed by atoms with van der Waals surface area (Å²) in [6, 6.07) is 1.02. The van der Waals surface area contributed by atoms with E-state index in [4.69, 9.17) is 5.11 Å². The topological polar surface area (TPSA) is 55.1 Å². The third-order valence-electron chi connectivity index (χ3n) is 3.50. The van der Waals surface area contributed by atoms with Crippen LogP contribution in [-0.2, 0) is 30.1 Å². The maximum Gasteiger partial charge on any atom is 0.416 e. The Morgan fingerprint density at radius 2 is 1.63 bits per heavy atom. The Hall–Kier alpha value is -2.96. The Morgan fingerprint density at radius 1 is 1.07 bits per heavy atom. The number of carboxylic acid groups (broad SMARTS) is 1. The minimum Gasteiger partial charge on any atom is -0.481 e. The first-order valence-corrected chi connectivity index (χ1v) is 7.49. The predicted molar refractivity (Wildman–Crippen MR) is 81.7 cm³/mol. The van der Waals surface area contributed by atoms with E-state index in [0.717, 1.165) is 0 Å². The van der Waals surface area contributed by atoms with Crippen LogP contribution >= 0.6 is 0 Å². The monoisotopic (exact) mass is 390 g/mol. The standard InChI is InChI=1S/C17H12F6N2O2/c1-2-25-14(8-15(26)27)11(9-24-25)4-3-10-5-12(16(18,19)20)7-13(6-10)17(21,22)23/h5-7,9H,2,8H2,1H3,(H,26,27). The van der Waals surface area contributed by atoms with E-state index >= 15 is 0 Å². The number of carboxylic acids is 1. The summed E-state index contributed by atoms with van der Waals surface area (Å²) in [4.78, 5) is 10.9. The number of hydrogen-bond acceptors (Lipinski definition) is 2. The van der Waals surface area contributed by atoms with E-state index in [1.54, 1.807) is 6.92 Å². The molecule has 0 unspecified atom stereocenters. The van der Waals surface area contributed by atoms with Crippen molar-refractivity contribution >= 4 is 5.97 Å². The summed E-state index contributed by atoms with van der Waals surface area (Å²) in [6.07, 6.45) is -9.17. The van der Waals surface area contributed by atoms with Gasteiger partial charge in [-0.15, -0.1) is 0 Å². The molecule has 0 aliphatic rings. The van der Waals surface area contributed by atoms with Crippen LogP contribution in [0.1, 0.15) is 34.9 Å². The maximum atomic E-state index is 12.9. The van der Waals surface area contributed by atoms with Crippen molar-refractivity contribution in [1.29, 1.82) is 0 Å². The molecule has 144 valence electrons. The van der Waals surface area contributed by atoms with Crippen molar-refractivity contribution in [3.8, 4) is 11.8 Å². The van der Waals surface area contributed by atoms with Gasteiger partial charge >= 0.3 is 18.3 Å². The molecule has 0 aliphatic heterocycles. The quantitative estimate of drug-likeness (QED) is 0.638. The molecule has 27 heavy (non-hydrogen) atoms. The smallest absolute Gasteiger partial charge is 0.416 e. The lowest BCUT2D eigenvalue weighted by Crippen LogP contribution is -2.11. The summed E-state index contributed by atoms with van der Waals surface area (Å²) in [7, 11) is 0. The number of aromatic nitrogens is 2. The number of alkyl halides is 6. The van der Waals surface area contributed by atoms with Gasteiger partial charge in [-0.1, -0.05) is 11.8 Å². The highest BCUT2D eigenvalue weighted by molar-refractivity contribution is 5.70. The molecule has 1 aromatic heterocycles. The molecule has 2 aromatic rings. The Labute approximate surface area is 149 Å². The average Bonchev–Trinajstić information content (AvgIpc) is 2.92. The average molecular weight is 390 g/mol. The number of aliphatic carboxylic acids is 1. The predicted octanol–water partition coefficient (Wildman–Crippen LogP) is 3.97. The van der Waals surface area contributed by atoms with Crippen LogP contribution in [-0.4, -0.2) is 20.9 Å².